The summed E-state index contributed by atoms with van der Waals surface area (Å²) in [6.45, 7) is 2.12. The summed E-state index contributed by atoms with van der Waals surface area (Å²) in [5.41, 5.74) is 9.14. The Morgan fingerprint density at radius 2 is 2.40 bits per heavy atom. The fourth-order valence-corrected chi connectivity index (χ4v) is 1.08. The molecule has 1 rings (SSSR count). The molecule has 1 aromatic carbocycles. The number of hydrogen-bond donors (Lipinski definition) is 1. The van der Waals surface area contributed by atoms with E-state index in [1.807, 2.05) is 31.2 Å². The molecule has 0 amide bonds. The van der Waals surface area contributed by atoms with Crippen LogP contribution in [0.25, 0.3) is 10.4 Å². The molecule has 1 unspecified atom stereocenters. The second-order valence-electron chi connectivity index (χ2n) is 3.19. The lowest BCUT2D eigenvalue weighted by atomic mass is 10.2. The molecule has 5 heteroatoms. The average Bonchev–Trinajstić information content (AvgIpc) is 2.23. The third-order valence-electron chi connectivity index (χ3n) is 1.79. The highest BCUT2D eigenvalue weighted by Crippen LogP contribution is 2.12. The van der Waals surface area contributed by atoms with Crippen LogP contribution in [0.1, 0.15) is 5.56 Å². The van der Waals surface area contributed by atoms with E-state index in [0.29, 0.717) is 5.75 Å². The molecule has 0 fully saturated rings. The Bertz CT molecular complexity index is 361. The summed E-state index contributed by atoms with van der Waals surface area (Å²) >= 11 is 0. The van der Waals surface area contributed by atoms with E-state index in [1.165, 1.54) is 0 Å². The maximum absolute atomic E-state index is 9.32. The SMILES string of the molecule is Cc1cccc(OCC(O)CN=[N+]=[N-])c1. The van der Waals surface area contributed by atoms with Crippen molar-refractivity contribution in [1.82, 2.24) is 0 Å². The molecule has 1 atom stereocenters. The molecule has 0 bridgehead atoms. The van der Waals surface area contributed by atoms with Gasteiger partial charge in [-0.05, 0) is 30.2 Å². The third kappa shape index (κ3) is 4.35. The normalized spacial score (nSPS) is 11.6. The standard InChI is InChI=1S/C10H13N3O2/c1-8-3-2-4-10(5-8)15-7-9(14)6-12-13-11/h2-5,9,14H,6-7H2,1H3. The quantitative estimate of drug-likeness (QED) is 0.455. The van der Waals surface area contributed by atoms with Gasteiger partial charge in [0.1, 0.15) is 12.4 Å². The van der Waals surface area contributed by atoms with Gasteiger partial charge in [0.15, 0.2) is 0 Å². The molecular weight excluding hydrogens is 194 g/mol. The maximum atomic E-state index is 9.32. The van der Waals surface area contributed by atoms with Crippen LogP contribution in [-0.2, 0) is 0 Å². The maximum Gasteiger partial charge on any atom is 0.119 e. The highest BCUT2D eigenvalue weighted by Gasteiger charge is 2.03. The lowest BCUT2D eigenvalue weighted by Crippen LogP contribution is -2.20. The van der Waals surface area contributed by atoms with Gasteiger partial charge in [0.05, 0.1) is 12.6 Å². The van der Waals surface area contributed by atoms with E-state index < -0.39 is 6.10 Å². The van der Waals surface area contributed by atoms with Crippen LogP contribution in [-0.4, -0.2) is 24.4 Å². The molecule has 5 nitrogen and oxygen atoms in total. The number of ether oxygens (including phenoxy) is 1. The fraction of sp³-hybridized carbons (Fsp3) is 0.400. The van der Waals surface area contributed by atoms with E-state index in [4.69, 9.17) is 10.3 Å². The zero-order valence-electron chi connectivity index (χ0n) is 8.50. The predicted molar refractivity (Wildman–Crippen MR) is 56.7 cm³/mol. The Hall–Kier alpha value is -1.71. The first kappa shape index (κ1) is 11.4. The Kier molecular flexibility index (Phi) is 4.47. The molecule has 0 heterocycles. The Balaban J connectivity index is 2.39. The number of aliphatic hydroxyl groups excluding tert-OH is 1. The number of rotatable bonds is 5. The van der Waals surface area contributed by atoms with Gasteiger partial charge in [-0.15, -0.1) is 0 Å². The van der Waals surface area contributed by atoms with Crippen molar-refractivity contribution < 1.29 is 9.84 Å². The number of benzene rings is 1. The molecule has 0 saturated carbocycles. The van der Waals surface area contributed by atoms with Crippen LogP contribution >= 0.6 is 0 Å². The lowest BCUT2D eigenvalue weighted by Gasteiger charge is -2.10. The lowest BCUT2D eigenvalue weighted by molar-refractivity contribution is 0.114. The summed E-state index contributed by atoms with van der Waals surface area (Å²) in [6.07, 6.45) is -0.763. The zero-order chi connectivity index (χ0) is 11.1. The summed E-state index contributed by atoms with van der Waals surface area (Å²) in [6, 6.07) is 7.53. The van der Waals surface area contributed by atoms with Gasteiger partial charge < -0.3 is 9.84 Å². The molecule has 1 N–H and O–H groups in total. The second kappa shape index (κ2) is 5.90. The molecule has 0 aromatic heterocycles. The minimum absolute atomic E-state index is 0.0301. The van der Waals surface area contributed by atoms with Gasteiger partial charge in [-0.25, -0.2) is 0 Å². The van der Waals surface area contributed by atoms with Crippen LogP contribution in [0.4, 0.5) is 0 Å². The summed E-state index contributed by atoms with van der Waals surface area (Å²) in [5.74, 6) is 0.704. The van der Waals surface area contributed by atoms with Gasteiger partial charge >= 0.3 is 0 Å². The van der Waals surface area contributed by atoms with E-state index in [0.717, 1.165) is 5.56 Å². The van der Waals surface area contributed by atoms with Crippen LogP contribution < -0.4 is 4.74 Å². The largest absolute Gasteiger partial charge is 0.491 e. The Labute approximate surface area is 87.9 Å². The van der Waals surface area contributed by atoms with Crippen LogP contribution in [0.2, 0.25) is 0 Å². The topological polar surface area (TPSA) is 78.2 Å². The van der Waals surface area contributed by atoms with Crippen molar-refractivity contribution in [3.63, 3.8) is 0 Å². The number of aryl methyl sites for hydroxylation is 1. The number of hydrogen-bond acceptors (Lipinski definition) is 3. The molecule has 80 valence electrons. The third-order valence-corrected chi connectivity index (χ3v) is 1.79. The predicted octanol–water partition coefficient (Wildman–Crippen LogP) is 2.05. The van der Waals surface area contributed by atoms with Gasteiger partial charge in [0.2, 0.25) is 0 Å². The van der Waals surface area contributed by atoms with E-state index >= 15 is 0 Å². The molecule has 0 aliphatic rings. The van der Waals surface area contributed by atoms with Crippen LogP contribution in [0, 0.1) is 6.92 Å². The van der Waals surface area contributed by atoms with Gasteiger partial charge in [0, 0.05) is 4.91 Å². The van der Waals surface area contributed by atoms with Crippen molar-refractivity contribution in [3.8, 4) is 5.75 Å². The van der Waals surface area contributed by atoms with Gasteiger partial charge in [-0.2, -0.15) is 0 Å². The minimum atomic E-state index is -0.763. The summed E-state index contributed by atoms with van der Waals surface area (Å²) in [5, 5.41) is 12.6. The highest BCUT2D eigenvalue weighted by atomic mass is 16.5. The van der Waals surface area contributed by atoms with E-state index in [-0.39, 0.29) is 13.2 Å². The summed E-state index contributed by atoms with van der Waals surface area (Å²) < 4.78 is 5.31. The molecule has 0 saturated heterocycles. The first-order valence-corrected chi connectivity index (χ1v) is 4.61. The number of aliphatic hydroxyl groups is 1. The van der Waals surface area contributed by atoms with E-state index in [9.17, 15) is 5.11 Å². The van der Waals surface area contributed by atoms with Crippen molar-refractivity contribution in [2.45, 2.75) is 13.0 Å². The summed E-state index contributed by atoms with van der Waals surface area (Å²) in [4.78, 5) is 2.55. The molecule has 0 radical (unpaired) electrons. The first-order chi connectivity index (χ1) is 7.22. The molecule has 0 spiro atoms. The molecule has 1 aromatic rings. The molecule has 0 aliphatic carbocycles. The molecule has 15 heavy (non-hydrogen) atoms. The Morgan fingerprint density at radius 1 is 1.60 bits per heavy atom. The average molecular weight is 207 g/mol. The van der Waals surface area contributed by atoms with Crippen LogP contribution in [0.5, 0.6) is 5.75 Å². The molecule has 0 aliphatic heterocycles. The summed E-state index contributed by atoms with van der Waals surface area (Å²) in [7, 11) is 0. The van der Waals surface area contributed by atoms with E-state index in [1.54, 1.807) is 0 Å². The minimum Gasteiger partial charge on any atom is -0.491 e. The van der Waals surface area contributed by atoms with Crippen molar-refractivity contribution in [1.29, 1.82) is 0 Å². The van der Waals surface area contributed by atoms with Crippen molar-refractivity contribution in [3.05, 3.63) is 40.3 Å². The van der Waals surface area contributed by atoms with E-state index in [2.05, 4.69) is 10.0 Å². The Morgan fingerprint density at radius 3 is 3.07 bits per heavy atom. The smallest absolute Gasteiger partial charge is 0.119 e. The second-order valence-corrected chi connectivity index (χ2v) is 3.19. The van der Waals surface area contributed by atoms with Crippen molar-refractivity contribution in [2.24, 2.45) is 5.11 Å². The fourth-order valence-electron chi connectivity index (χ4n) is 1.08. The first-order valence-electron chi connectivity index (χ1n) is 4.61. The van der Waals surface area contributed by atoms with Crippen molar-refractivity contribution >= 4 is 0 Å². The number of nitrogens with zero attached hydrogens (tertiary/aromatic N) is 3. The molecular formula is C10H13N3O2. The number of azide groups is 1. The van der Waals surface area contributed by atoms with Crippen LogP contribution in [0.3, 0.4) is 0 Å². The van der Waals surface area contributed by atoms with Gasteiger partial charge in [-0.3, -0.25) is 0 Å². The van der Waals surface area contributed by atoms with Crippen molar-refractivity contribution in [2.75, 3.05) is 13.2 Å². The monoisotopic (exact) mass is 207 g/mol. The van der Waals surface area contributed by atoms with Crippen LogP contribution in [0.15, 0.2) is 29.4 Å². The zero-order valence-corrected chi connectivity index (χ0v) is 8.50. The van der Waals surface area contributed by atoms with Gasteiger partial charge in [-0.1, -0.05) is 17.2 Å². The van der Waals surface area contributed by atoms with Gasteiger partial charge in [0.25, 0.3) is 0 Å². The highest BCUT2D eigenvalue weighted by molar-refractivity contribution is 5.27.